The summed E-state index contributed by atoms with van der Waals surface area (Å²) in [7, 11) is 0. The van der Waals surface area contributed by atoms with E-state index in [-0.39, 0.29) is 18.6 Å². The van der Waals surface area contributed by atoms with Gasteiger partial charge in [-0.2, -0.15) is 0 Å². The normalized spacial score (nSPS) is 18.1. The van der Waals surface area contributed by atoms with Crippen LogP contribution in [0.2, 0.25) is 0 Å². The topological polar surface area (TPSA) is 111 Å². The van der Waals surface area contributed by atoms with Crippen molar-refractivity contribution >= 4 is 29.0 Å². The number of anilines is 1. The molecule has 1 N–H and O–H groups in total. The van der Waals surface area contributed by atoms with Crippen LogP contribution in [0.4, 0.5) is 10.6 Å². The minimum Gasteiger partial charge on any atom is -0.435 e. The standard InChI is InChI=1S/C24H28N6O4/c1-3-33-24(32)34-18-5-4-10-29(12-18)21-20-22(26-13-25-21)30(14-27-20)19-11-16(7-6-15(19)2)23(31)28-17-8-9-17/h6-7,11,13-14,17-18H,3-5,8-10,12H2,1-2H3,(H,28,31). The quantitative estimate of drug-likeness (QED) is 0.554. The van der Waals surface area contributed by atoms with Gasteiger partial charge in [0.15, 0.2) is 17.0 Å². The summed E-state index contributed by atoms with van der Waals surface area (Å²) in [6, 6.07) is 5.95. The van der Waals surface area contributed by atoms with Gasteiger partial charge in [-0.05, 0) is 57.2 Å². The number of piperidine rings is 1. The lowest BCUT2D eigenvalue weighted by Gasteiger charge is -2.32. The van der Waals surface area contributed by atoms with Gasteiger partial charge in [0.05, 0.1) is 18.8 Å². The summed E-state index contributed by atoms with van der Waals surface area (Å²) in [4.78, 5) is 40.0. The molecule has 1 saturated carbocycles. The van der Waals surface area contributed by atoms with Crippen molar-refractivity contribution in [3.8, 4) is 5.69 Å². The number of benzene rings is 1. The van der Waals surface area contributed by atoms with Gasteiger partial charge in [0.1, 0.15) is 18.8 Å². The van der Waals surface area contributed by atoms with Crippen LogP contribution in [0.3, 0.4) is 0 Å². The first-order valence-corrected chi connectivity index (χ1v) is 11.7. The Labute approximate surface area is 197 Å². The van der Waals surface area contributed by atoms with Crippen molar-refractivity contribution < 1.29 is 19.1 Å². The number of hydrogen-bond acceptors (Lipinski definition) is 8. The second kappa shape index (κ2) is 9.28. The molecule has 0 radical (unpaired) electrons. The fraction of sp³-hybridized carbons (Fsp3) is 0.458. The first kappa shape index (κ1) is 22.1. The summed E-state index contributed by atoms with van der Waals surface area (Å²) in [5, 5.41) is 3.04. The number of aryl methyl sites for hydroxylation is 1. The van der Waals surface area contributed by atoms with Crippen LogP contribution in [-0.4, -0.2) is 63.4 Å². The van der Waals surface area contributed by atoms with Crippen molar-refractivity contribution in [1.82, 2.24) is 24.8 Å². The van der Waals surface area contributed by atoms with Gasteiger partial charge in [-0.15, -0.1) is 0 Å². The Bertz CT molecular complexity index is 1220. The maximum atomic E-state index is 12.6. The Morgan fingerprint density at radius 1 is 1.18 bits per heavy atom. The molecule has 10 nitrogen and oxygen atoms in total. The lowest BCUT2D eigenvalue weighted by atomic mass is 10.1. The number of ether oxygens (including phenoxy) is 2. The van der Waals surface area contributed by atoms with E-state index in [1.807, 2.05) is 29.7 Å². The number of rotatable bonds is 6. The number of amides is 1. The van der Waals surface area contributed by atoms with Crippen molar-refractivity contribution in [3.63, 3.8) is 0 Å². The van der Waals surface area contributed by atoms with E-state index in [2.05, 4.69) is 25.2 Å². The lowest BCUT2D eigenvalue weighted by molar-refractivity contribution is 0.0217. The number of nitrogens with zero attached hydrogens (tertiary/aromatic N) is 5. The zero-order chi connectivity index (χ0) is 23.7. The number of fused-ring (bicyclic) bond motifs is 1. The van der Waals surface area contributed by atoms with E-state index in [0.717, 1.165) is 43.5 Å². The molecule has 1 aromatic carbocycles. The number of carbonyl (C=O) groups excluding carboxylic acids is 2. The highest BCUT2D eigenvalue weighted by Gasteiger charge is 2.27. The molecular formula is C24H28N6O4. The molecule has 2 fully saturated rings. The van der Waals surface area contributed by atoms with E-state index >= 15 is 0 Å². The third-order valence-corrected chi connectivity index (χ3v) is 6.16. The summed E-state index contributed by atoms with van der Waals surface area (Å²) in [6.45, 7) is 5.31. The van der Waals surface area contributed by atoms with E-state index in [0.29, 0.717) is 35.1 Å². The van der Waals surface area contributed by atoms with Gasteiger partial charge >= 0.3 is 6.16 Å². The molecule has 3 heterocycles. The molecule has 10 heteroatoms. The molecule has 1 aliphatic heterocycles. The maximum Gasteiger partial charge on any atom is 0.508 e. The molecule has 34 heavy (non-hydrogen) atoms. The van der Waals surface area contributed by atoms with E-state index in [1.54, 1.807) is 13.3 Å². The van der Waals surface area contributed by atoms with Crippen molar-refractivity contribution in [2.24, 2.45) is 0 Å². The molecule has 0 spiro atoms. The van der Waals surface area contributed by atoms with Crippen molar-refractivity contribution in [3.05, 3.63) is 42.0 Å². The number of nitrogens with one attached hydrogen (secondary N) is 1. The van der Waals surface area contributed by atoms with Crippen molar-refractivity contribution in [2.45, 2.75) is 51.7 Å². The van der Waals surface area contributed by atoms with E-state index < -0.39 is 6.16 Å². The first-order valence-electron chi connectivity index (χ1n) is 11.7. The van der Waals surface area contributed by atoms with Gasteiger partial charge in [-0.3, -0.25) is 9.36 Å². The first-order chi connectivity index (χ1) is 16.5. The van der Waals surface area contributed by atoms with Gasteiger partial charge in [0.2, 0.25) is 0 Å². The third kappa shape index (κ3) is 4.52. The molecule has 1 saturated heterocycles. The molecule has 1 atom stereocenters. The average Bonchev–Trinajstić information content (AvgIpc) is 3.54. The number of imidazole rings is 1. The monoisotopic (exact) mass is 464 g/mol. The Hall–Kier alpha value is -3.69. The number of aromatic nitrogens is 4. The Kier molecular flexibility index (Phi) is 6.04. The summed E-state index contributed by atoms with van der Waals surface area (Å²) in [5.74, 6) is 0.630. The molecule has 1 unspecified atom stereocenters. The Morgan fingerprint density at radius 2 is 2.03 bits per heavy atom. The van der Waals surface area contributed by atoms with E-state index in [9.17, 15) is 9.59 Å². The molecule has 1 aliphatic carbocycles. The highest BCUT2D eigenvalue weighted by atomic mass is 16.7. The summed E-state index contributed by atoms with van der Waals surface area (Å²) < 4.78 is 12.3. The fourth-order valence-electron chi connectivity index (χ4n) is 4.25. The number of carbonyl (C=O) groups is 2. The van der Waals surface area contributed by atoms with Crippen molar-refractivity contribution in [1.29, 1.82) is 0 Å². The maximum absolute atomic E-state index is 12.6. The van der Waals surface area contributed by atoms with Gasteiger partial charge in [-0.25, -0.2) is 19.7 Å². The molecule has 1 amide bonds. The Balaban J connectivity index is 1.43. The molecular weight excluding hydrogens is 436 g/mol. The van der Waals surface area contributed by atoms with Gasteiger partial charge in [0, 0.05) is 18.2 Å². The van der Waals surface area contributed by atoms with Gasteiger partial charge in [-0.1, -0.05) is 6.07 Å². The lowest BCUT2D eigenvalue weighted by Crippen LogP contribution is -2.41. The zero-order valence-electron chi connectivity index (χ0n) is 19.4. The van der Waals surface area contributed by atoms with Gasteiger partial charge in [0.25, 0.3) is 5.91 Å². The molecule has 5 rings (SSSR count). The predicted molar refractivity (Wildman–Crippen MR) is 125 cm³/mol. The van der Waals surface area contributed by atoms with Crippen LogP contribution in [-0.2, 0) is 9.47 Å². The highest BCUT2D eigenvalue weighted by Crippen LogP contribution is 2.28. The van der Waals surface area contributed by atoms with Crippen LogP contribution >= 0.6 is 0 Å². The SMILES string of the molecule is CCOC(=O)OC1CCCN(c2ncnc3c2ncn3-c2cc(C(=O)NC3CC3)ccc2C)C1. The summed E-state index contributed by atoms with van der Waals surface area (Å²) in [5.41, 5.74) is 3.77. The van der Waals surface area contributed by atoms with E-state index in [1.165, 1.54) is 6.33 Å². The van der Waals surface area contributed by atoms with Gasteiger partial charge < -0.3 is 19.7 Å². The molecule has 2 aromatic heterocycles. The smallest absolute Gasteiger partial charge is 0.435 e. The minimum absolute atomic E-state index is 0.0653. The average molecular weight is 465 g/mol. The molecule has 2 aliphatic rings. The molecule has 3 aromatic rings. The largest absolute Gasteiger partial charge is 0.508 e. The fourth-order valence-corrected chi connectivity index (χ4v) is 4.25. The highest BCUT2D eigenvalue weighted by molar-refractivity contribution is 5.95. The second-order valence-electron chi connectivity index (χ2n) is 8.74. The molecule has 0 bridgehead atoms. The van der Waals surface area contributed by atoms with Crippen LogP contribution in [0.15, 0.2) is 30.9 Å². The van der Waals surface area contributed by atoms with Crippen LogP contribution < -0.4 is 10.2 Å². The van der Waals surface area contributed by atoms with Crippen LogP contribution in [0.5, 0.6) is 0 Å². The molecule has 178 valence electrons. The number of hydrogen-bond donors (Lipinski definition) is 1. The minimum atomic E-state index is -0.646. The third-order valence-electron chi connectivity index (χ3n) is 6.16. The zero-order valence-corrected chi connectivity index (χ0v) is 19.4. The summed E-state index contributed by atoms with van der Waals surface area (Å²) in [6.07, 6.45) is 6.02. The second-order valence-corrected chi connectivity index (χ2v) is 8.74. The summed E-state index contributed by atoms with van der Waals surface area (Å²) >= 11 is 0. The van der Waals surface area contributed by atoms with E-state index in [4.69, 9.17) is 9.47 Å². The predicted octanol–water partition coefficient (Wildman–Crippen LogP) is 3.16. The van der Waals surface area contributed by atoms with Crippen LogP contribution in [0, 0.1) is 6.92 Å². The van der Waals surface area contributed by atoms with Crippen LogP contribution in [0.1, 0.15) is 48.5 Å². The van der Waals surface area contributed by atoms with Crippen molar-refractivity contribution in [2.75, 3.05) is 24.6 Å². The van der Waals surface area contributed by atoms with Crippen LogP contribution in [0.25, 0.3) is 16.9 Å². The Morgan fingerprint density at radius 3 is 2.82 bits per heavy atom.